The summed E-state index contributed by atoms with van der Waals surface area (Å²) in [6, 6.07) is 3.55. The molecule has 2 amide bonds. The molecule has 1 saturated heterocycles. The Balaban J connectivity index is 1.25. The molecule has 26 heavy (non-hydrogen) atoms. The molecule has 3 atom stereocenters. The molecule has 0 aromatic carbocycles. The van der Waals surface area contributed by atoms with E-state index < -0.39 is 5.41 Å². The predicted octanol–water partition coefficient (Wildman–Crippen LogP) is 2.04. The highest BCUT2D eigenvalue weighted by Crippen LogP contribution is 2.52. The summed E-state index contributed by atoms with van der Waals surface area (Å²) in [6.45, 7) is 6.06. The normalized spacial score (nSPS) is 32.6. The van der Waals surface area contributed by atoms with Crippen molar-refractivity contribution in [1.29, 1.82) is 0 Å². The Labute approximate surface area is 153 Å². The van der Waals surface area contributed by atoms with Crippen LogP contribution in [0.25, 0.3) is 0 Å². The SMILES string of the molecule is CCc1ccc(C(=O)NCC2C3CN(C(=O)C4(C)CCC(=O)C4)CC23)o1. The van der Waals surface area contributed by atoms with Crippen LogP contribution in [0.5, 0.6) is 0 Å². The van der Waals surface area contributed by atoms with Crippen molar-refractivity contribution in [2.24, 2.45) is 23.2 Å². The molecule has 2 saturated carbocycles. The summed E-state index contributed by atoms with van der Waals surface area (Å²) in [5, 5.41) is 2.96. The Kier molecular flexibility index (Phi) is 4.16. The minimum atomic E-state index is -0.492. The van der Waals surface area contributed by atoms with E-state index in [2.05, 4.69) is 5.32 Å². The van der Waals surface area contributed by atoms with Gasteiger partial charge in [0.15, 0.2) is 5.76 Å². The van der Waals surface area contributed by atoms with Gasteiger partial charge in [-0.15, -0.1) is 0 Å². The van der Waals surface area contributed by atoms with Crippen molar-refractivity contribution in [3.63, 3.8) is 0 Å². The van der Waals surface area contributed by atoms with Crippen LogP contribution < -0.4 is 5.32 Å². The fourth-order valence-corrected chi connectivity index (χ4v) is 4.70. The maximum atomic E-state index is 12.8. The Morgan fingerprint density at radius 2 is 2.04 bits per heavy atom. The number of carbonyl (C=O) groups excluding carboxylic acids is 3. The zero-order valence-corrected chi connectivity index (χ0v) is 15.4. The smallest absolute Gasteiger partial charge is 0.287 e. The van der Waals surface area contributed by atoms with Crippen LogP contribution in [-0.2, 0) is 16.0 Å². The fraction of sp³-hybridized carbons (Fsp3) is 0.650. The molecule has 1 aromatic heterocycles. The van der Waals surface area contributed by atoms with Crippen LogP contribution in [-0.4, -0.2) is 42.1 Å². The fourth-order valence-electron chi connectivity index (χ4n) is 4.70. The van der Waals surface area contributed by atoms with Crippen molar-refractivity contribution in [2.45, 2.75) is 39.5 Å². The summed E-state index contributed by atoms with van der Waals surface area (Å²) in [5.74, 6) is 2.75. The monoisotopic (exact) mass is 358 g/mol. The number of hydrogen-bond donors (Lipinski definition) is 1. The zero-order valence-electron chi connectivity index (χ0n) is 15.4. The molecule has 3 unspecified atom stereocenters. The molecule has 0 spiro atoms. The lowest BCUT2D eigenvalue weighted by molar-refractivity contribution is -0.141. The van der Waals surface area contributed by atoms with Gasteiger partial charge in [-0.2, -0.15) is 0 Å². The summed E-state index contributed by atoms with van der Waals surface area (Å²) in [7, 11) is 0. The molecule has 6 nitrogen and oxygen atoms in total. The van der Waals surface area contributed by atoms with Gasteiger partial charge in [0.2, 0.25) is 5.91 Å². The Hall–Kier alpha value is -2.11. The first-order valence-corrected chi connectivity index (χ1v) is 9.59. The molecule has 2 aliphatic carbocycles. The third-order valence-electron chi connectivity index (χ3n) is 6.45. The molecule has 1 aliphatic heterocycles. The number of ketones is 1. The van der Waals surface area contributed by atoms with E-state index in [0.29, 0.717) is 49.3 Å². The van der Waals surface area contributed by atoms with Gasteiger partial charge >= 0.3 is 0 Å². The van der Waals surface area contributed by atoms with Gasteiger partial charge in [-0.05, 0) is 36.3 Å². The van der Waals surface area contributed by atoms with E-state index in [0.717, 1.165) is 25.3 Å². The maximum absolute atomic E-state index is 12.8. The Bertz CT molecular complexity index is 743. The molecule has 4 rings (SSSR count). The van der Waals surface area contributed by atoms with Gasteiger partial charge in [0, 0.05) is 38.9 Å². The summed E-state index contributed by atoms with van der Waals surface area (Å²) in [5.41, 5.74) is -0.492. The molecule has 2 heterocycles. The number of nitrogens with one attached hydrogen (secondary N) is 1. The van der Waals surface area contributed by atoms with Crippen LogP contribution in [0.15, 0.2) is 16.5 Å². The summed E-state index contributed by atoms with van der Waals surface area (Å²) in [4.78, 5) is 38.4. The zero-order chi connectivity index (χ0) is 18.5. The number of fused-ring (bicyclic) bond motifs is 1. The molecular weight excluding hydrogens is 332 g/mol. The lowest BCUT2D eigenvalue weighted by Crippen LogP contribution is -2.42. The number of furan rings is 1. The van der Waals surface area contributed by atoms with Gasteiger partial charge in [-0.3, -0.25) is 14.4 Å². The van der Waals surface area contributed by atoms with E-state index in [1.54, 1.807) is 6.07 Å². The number of rotatable bonds is 5. The van der Waals surface area contributed by atoms with Crippen molar-refractivity contribution >= 4 is 17.6 Å². The Morgan fingerprint density at radius 3 is 2.62 bits per heavy atom. The quantitative estimate of drug-likeness (QED) is 0.873. The summed E-state index contributed by atoms with van der Waals surface area (Å²) >= 11 is 0. The predicted molar refractivity (Wildman–Crippen MR) is 94.4 cm³/mol. The second-order valence-electron chi connectivity index (χ2n) is 8.31. The Morgan fingerprint density at radius 1 is 1.31 bits per heavy atom. The molecule has 0 bridgehead atoms. The third-order valence-corrected chi connectivity index (χ3v) is 6.45. The van der Waals surface area contributed by atoms with Crippen molar-refractivity contribution in [3.8, 4) is 0 Å². The highest BCUT2D eigenvalue weighted by atomic mass is 16.3. The standard InChI is InChI=1S/C20H26N2O4/c1-3-13-4-5-17(26-13)18(24)21-9-14-15-10-22(11-16(14)15)19(25)20(2)7-6-12(23)8-20/h4-5,14-16H,3,6-11H2,1-2H3,(H,21,24). The van der Waals surface area contributed by atoms with E-state index in [1.807, 2.05) is 24.8 Å². The average Bonchev–Trinajstić information content (AvgIpc) is 3.08. The number of likely N-dealkylation sites (tertiary alicyclic amines) is 1. The van der Waals surface area contributed by atoms with Gasteiger partial charge in [-0.25, -0.2) is 0 Å². The molecule has 140 valence electrons. The topological polar surface area (TPSA) is 79.6 Å². The minimum Gasteiger partial charge on any atom is -0.456 e. The first kappa shape index (κ1) is 17.3. The molecule has 6 heteroatoms. The molecule has 1 aromatic rings. The van der Waals surface area contributed by atoms with Crippen LogP contribution in [0.3, 0.4) is 0 Å². The maximum Gasteiger partial charge on any atom is 0.287 e. The molecular formula is C20H26N2O4. The summed E-state index contributed by atoms with van der Waals surface area (Å²) in [6.07, 6.45) is 2.37. The number of nitrogens with zero attached hydrogens (tertiary/aromatic N) is 1. The van der Waals surface area contributed by atoms with Crippen molar-refractivity contribution < 1.29 is 18.8 Å². The van der Waals surface area contributed by atoms with Crippen LogP contribution in [0, 0.1) is 23.2 Å². The third kappa shape index (κ3) is 2.95. The first-order valence-electron chi connectivity index (χ1n) is 9.59. The minimum absolute atomic E-state index is 0.140. The number of amides is 2. The van der Waals surface area contributed by atoms with Crippen molar-refractivity contribution in [3.05, 3.63) is 23.7 Å². The number of carbonyl (C=O) groups is 3. The highest BCUT2D eigenvalue weighted by Gasteiger charge is 2.58. The van der Waals surface area contributed by atoms with Crippen LogP contribution in [0.4, 0.5) is 0 Å². The van der Waals surface area contributed by atoms with Crippen molar-refractivity contribution in [1.82, 2.24) is 10.2 Å². The van der Waals surface area contributed by atoms with Gasteiger partial charge in [0.05, 0.1) is 5.41 Å². The molecule has 0 radical (unpaired) electrons. The highest BCUT2D eigenvalue weighted by molar-refractivity contribution is 5.93. The second kappa shape index (κ2) is 6.25. The first-order chi connectivity index (χ1) is 12.4. The van der Waals surface area contributed by atoms with E-state index in [4.69, 9.17) is 4.42 Å². The van der Waals surface area contributed by atoms with E-state index >= 15 is 0 Å². The van der Waals surface area contributed by atoms with Gasteiger partial charge in [0.25, 0.3) is 5.91 Å². The second-order valence-corrected chi connectivity index (χ2v) is 8.31. The lowest BCUT2D eigenvalue weighted by Gasteiger charge is -2.29. The summed E-state index contributed by atoms with van der Waals surface area (Å²) < 4.78 is 5.47. The van der Waals surface area contributed by atoms with Gasteiger partial charge in [0.1, 0.15) is 11.5 Å². The molecule has 3 aliphatic rings. The largest absolute Gasteiger partial charge is 0.456 e. The number of aryl methyl sites for hydroxylation is 1. The molecule has 3 fully saturated rings. The van der Waals surface area contributed by atoms with Crippen LogP contribution in [0.2, 0.25) is 0 Å². The average molecular weight is 358 g/mol. The number of hydrogen-bond acceptors (Lipinski definition) is 4. The van der Waals surface area contributed by atoms with Crippen molar-refractivity contribution in [2.75, 3.05) is 19.6 Å². The van der Waals surface area contributed by atoms with Crippen LogP contribution in [0.1, 0.15) is 49.4 Å². The van der Waals surface area contributed by atoms with Crippen LogP contribution >= 0.6 is 0 Å². The van der Waals surface area contributed by atoms with E-state index in [-0.39, 0.29) is 17.6 Å². The number of Topliss-reactive ketones (excluding diaryl/α,β-unsaturated/α-hetero) is 1. The van der Waals surface area contributed by atoms with E-state index in [1.165, 1.54) is 0 Å². The van der Waals surface area contributed by atoms with Gasteiger partial charge in [-0.1, -0.05) is 13.8 Å². The molecule has 1 N–H and O–H groups in total. The lowest BCUT2D eigenvalue weighted by atomic mass is 9.87. The van der Waals surface area contributed by atoms with Gasteiger partial charge < -0.3 is 14.6 Å². The number of piperidine rings is 1. The van der Waals surface area contributed by atoms with E-state index in [9.17, 15) is 14.4 Å².